The van der Waals surface area contributed by atoms with E-state index < -0.39 is 41.6 Å². The minimum atomic E-state index is -5.10. The molecule has 0 spiro atoms. The van der Waals surface area contributed by atoms with Gasteiger partial charge in [0.15, 0.2) is 0 Å². The minimum absolute atomic E-state index is 0.0178. The predicted octanol–water partition coefficient (Wildman–Crippen LogP) is -0.161. The van der Waals surface area contributed by atoms with Crippen LogP contribution in [0, 0.1) is 11.8 Å². The molecule has 2 fully saturated rings. The van der Waals surface area contributed by atoms with Gasteiger partial charge in [-0.3, -0.25) is 9.59 Å². The van der Waals surface area contributed by atoms with Gasteiger partial charge in [0, 0.05) is 12.5 Å². The SMILES string of the molecule is CC(C)CC(NC(=O)C(F)(F)F)C(=O)OC12CC1CNC2C(N)=O. The zero-order valence-electron chi connectivity index (χ0n) is 13.3. The Morgan fingerprint density at radius 2 is 2.00 bits per heavy atom. The first kappa shape index (κ1) is 18.5. The minimum Gasteiger partial charge on any atom is -0.455 e. The maximum absolute atomic E-state index is 12.4. The molecule has 1 aliphatic heterocycles. The molecule has 24 heavy (non-hydrogen) atoms. The van der Waals surface area contributed by atoms with Crippen LogP contribution in [0.5, 0.6) is 0 Å². The molecule has 2 aliphatic rings. The molecule has 1 saturated carbocycles. The molecular formula is C14H20F3N3O4. The van der Waals surface area contributed by atoms with Gasteiger partial charge >= 0.3 is 18.1 Å². The molecule has 136 valence electrons. The van der Waals surface area contributed by atoms with Crippen molar-refractivity contribution in [1.29, 1.82) is 0 Å². The second-order valence-corrected chi connectivity index (χ2v) is 6.67. The number of esters is 1. The molecule has 1 saturated heterocycles. The number of primary amides is 1. The molecule has 0 bridgehead atoms. The average Bonchev–Trinajstić information content (AvgIpc) is 2.99. The van der Waals surface area contributed by atoms with Crippen LogP contribution in [0.25, 0.3) is 0 Å². The van der Waals surface area contributed by atoms with E-state index in [-0.39, 0.29) is 18.3 Å². The van der Waals surface area contributed by atoms with Crippen LogP contribution in [0.4, 0.5) is 13.2 Å². The van der Waals surface area contributed by atoms with E-state index in [1.807, 2.05) is 0 Å². The Bertz CT molecular complexity index is 552. The fraction of sp³-hybridized carbons (Fsp3) is 0.786. The number of nitrogens with one attached hydrogen (secondary N) is 2. The summed E-state index contributed by atoms with van der Waals surface area (Å²) in [6.07, 6.45) is -4.70. The molecule has 7 nitrogen and oxygen atoms in total. The Hall–Kier alpha value is -1.84. The van der Waals surface area contributed by atoms with E-state index in [4.69, 9.17) is 10.5 Å². The number of carbonyl (C=O) groups is 3. The molecular weight excluding hydrogens is 331 g/mol. The fourth-order valence-corrected chi connectivity index (χ4v) is 3.07. The largest absolute Gasteiger partial charge is 0.471 e. The molecule has 4 unspecified atom stereocenters. The Labute approximate surface area is 136 Å². The maximum Gasteiger partial charge on any atom is 0.471 e. The van der Waals surface area contributed by atoms with Crippen LogP contribution in [0.15, 0.2) is 0 Å². The van der Waals surface area contributed by atoms with Crippen molar-refractivity contribution in [2.24, 2.45) is 17.6 Å². The molecule has 0 radical (unpaired) electrons. The van der Waals surface area contributed by atoms with Gasteiger partial charge in [-0.25, -0.2) is 4.79 Å². The summed E-state index contributed by atoms with van der Waals surface area (Å²) in [6, 6.07) is -2.31. The highest BCUT2D eigenvalue weighted by atomic mass is 19.4. The Kier molecular flexibility index (Phi) is 4.80. The summed E-state index contributed by atoms with van der Waals surface area (Å²) in [7, 11) is 0. The van der Waals surface area contributed by atoms with Gasteiger partial charge in [-0.2, -0.15) is 13.2 Å². The van der Waals surface area contributed by atoms with E-state index in [0.29, 0.717) is 13.0 Å². The lowest BCUT2D eigenvalue weighted by Gasteiger charge is -2.25. The molecule has 2 amide bonds. The molecule has 10 heteroatoms. The number of amides is 2. The summed E-state index contributed by atoms with van der Waals surface area (Å²) in [5.74, 6) is -4.14. The van der Waals surface area contributed by atoms with Gasteiger partial charge in [-0.1, -0.05) is 13.8 Å². The third-order valence-electron chi connectivity index (χ3n) is 4.28. The van der Waals surface area contributed by atoms with Gasteiger partial charge in [0.25, 0.3) is 0 Å². The lowest BCUT2D eigenvalue weighted by molar-refractivity contribution is -0.177. The number of rotatable bonds is 6. The van der Waals surface area contributed by atoms with E-state index in [0.717, 1.165) is 0 Å². The molecule has 2 rings (SSSR count). The van der Waals surface area contributed by atoms with Crippen LogP contribution in [0.2, 0.25) is 0 Å². The highest BCUT2D eigenvalue weighted by Crippen LogP contribution is 2.53. The zero-order valence-corrected chi connectivity index (χ0v) is 13.3. The lowest BCUT2D eigenvalue weighted by atomic mass is 10.0. The lowest BCUT2D eigenvalue weighted by Crippen LogP contribution is -2.52. The van der Waals surface area contributed by atoms with Gasteiger partial charge in [-0.15, -0.1) is 0 Å². The average molecular weight is 351 g/mol. The number of halogens is 3. The van der Waals surface area contributed by atoms with Crippen molar-refractivity contribution >= 4 is 17.8 Å². The third kappa shape index (κ3) is 3.63. The standard InChI is InChI=1S/C14H20F3N3O4/c1-6(2)3-8(20-12(23)14(15,16)17)11(22)24-13-4-7(13)5-19-9(13)10(18)21/h6-9,19H,3-5H2,1-2H3,(H2,18,21)(H,20,23). The molecule has 0 aromatic carbocycles. The summed E-state index contributed by atoms with van der Waals surface area (Å²) in [4.78, 5) is 34.9. The van der Waals surface area contributed by atoms with E-state index in [1.54, 1.807) is 19.2 Å². The third-order valence-corrected chi connectivity index (χ3v) is 4.28. The van der Waals surface area contributed by atoms with Crippen molar-refractivity contribution in [2.45, 2.75) is 50.6 Å². The van der Waals surface area contributed by atoms with E-state index in [1.165, 1.54) is 0 Å². The second-order valence-electron chi connectivity index (χ2n) is 6.67. The number of hydrogen-bond acceptors (Lipinski definition) is 5. The number of ether oxygens (including phenoxy) is 1. The number of alkyl halides is 3. The fourth-order valence-electron chi connectivity index (χ4n) is 3.07. The van der Waals surface area contributed by atoms with Crippen LogP contribution in [-0.2, 0) is 19.1 Å². The van der Waals surface area contributed by atoms with E-state index >= 15 is 0 Å². The topological polar surface area (TPSA) is 111 Å². The van der Waals surface area contributed by atoms with Gasteiger partial charge in [0.1, 0.15) is 17.7 Å². The van der Waals surface area contributed by atoms with Crippen molar-refractivity contribution in [1.82, 2.24) is 10.6 Å². The second kappa shape index (κ2) is 6.23. The summed E-state index contributed by atoms with van der Waals surface area (Å²) in [5.41, 5.74) is 4.15. The smallest absolute Gasteiger partial charge is 0.455 e. The van der Waals surface area contributed by atoms with Gasteiger partial charge < -0.3 is 21.1 Å². The number of carbonyl (C=O) groups excluding carboxylic acids is 3. The summed E-state index contributed by atoms with van der Waals surface area (Å²) < 4.78 is 42.6. The van der Waals surface area contributed by atoms with Crippen molar-refractivity contribution in [2.75, 3.05) is 6.54 Å². The predicted molar refractivity (Wildman–Crippen MR) is 75.4 cm³/mol. The van der Waals surface area contributed by atoms with Gasteiger partial charge in [0.05, 0.1) is 0 Å². The molecule has 1 heterocycles. The van der Waals surface area contributed by atoms with Crippen molar-refractivity contribution in [3.05, 3.63) is 0 Å². The Morgan fingerprint density at radius 1 is 1.38 bits per heavy atom. The number of fused-ring (bicyclic) bond motifs is 1. The highest BCUT2D eigenvalue weighted by Gasteiger charge is 2.68. The first-order valence-electron chi connectivity index (χ1n) is 7.60. The summed E-state index contributed by atoms with van der Waals surface area (Å²) in [6.45, 7) is 3.83. The number of piperidine rings is 1. The van der Waals surface area contributed by atoms with Crippen molar-refractivity contribution < 1.29 is 32.3 Å². The van der Waals surface area contributed by atoms with E-state index in [9.17, 15) is 27.6 Å². The van der Waals surface area contributed by atoms with Crippen LogP contribution >= 0.6 is 0 Å². The molecule has 0 aromatic heterocycles. The molecule has 4 atom stereocenters. The van der Waals surface area contributed by atoms with Crippen LogP contribution < -0.4 is 16.4 Å². The van der Waals surface area contributed by atoms with Crippen LogP contribution in [0.1, 0.15) is 26.7 Å². The molecule has 4 N–H and O–H groups in total. The van der Waals surface area contributed by atoms with E-state index in [2.05, 4.69) is 5.32 Å². The van der Waals surface area contributed by atoms with Crippen LogP contribution in [0.3, 0.4) is 0 Å². The molecule has 1 aliphatic carbocycles. The summed E-state index contributed by atoms with van der Waals surface area (Å²) >= 11 is 0. The van der Waals surface area contributed by atoms with Gasteiger partial charge in [-0.05, 0) is 18.8 Å². The maximum atomic E-state index is 12.4. The number of nitrogens with two attached hydrogens (primary N) is 1. The Balaban J connectivity index is 2.08. The quantitative estimate of drug-likeness (QED) is 0.576. The zero-order chi connectivity index (χ0) is 18.3. The first-order valence-corrected chi connectivity index (χ1v) is 7.60. The Morgan fingerprint density at radius 3 is 2.46 bits per heavy atom. The first-order chi connectivity index (χ1) is 11.0. The van der Waals surface area contributed by atoms with Crippen molar-refractivity contribution in [3.63, 3.8) is 0 Å². The summed E-state index contributed by atoms with van der Waals surface area (Å²) in [5, 5.41) is 4.49. The highest BCUT2D eigenvalue weighted by molar-refractivity contribution is 5.88. The monoisotopic (exact) mass is 351 g/mol. The van der Waals surface area contributed by atoms with Crippen molar-refractivity contribution in [3.8, 4) is 0 Å². The van der Waals surface area contributed by atoms with Gasteiger partial charge in [0.2, 0.25) is 5.91 Å². The van der Waals surface area contributed by atoms with Crippen LogP contribution in [-0.4, -0.2) is 48.2 Å². The molecule has 0 aromatic rings. The normalized spacial score (nSPS) is 29.8. The number of hydrogen-bond donors (Lipinski definition) is 3.